The maximum atomic E-state index is 14.0. The molecule has 0 unspecified atom stereocenters. The Morgan fingerprint density at radius 2 is 2.30 bits per heavy atom. The average Bonchev–Trinajstić information content (AvgIpc) is 2.91. The number of nitrogens with one attached hydrogen (secondary N) is 1. The van der Waals surface area contributed by atoms with Gasteiger partial charge in [-0.25, -0.2) is 4.39 Å². The van der Waals surface area contributed by atoms with E-state index in [-0.39, 0.29) is 11.5 Å². The van der Waals surface area contributed by atoms with Crippen LogP contribution in [-0.4, -0.2) is 10.2 Å². The van der Waals surface area contributed by atoms with Crippen molar-refractivity contribution in [3.63, 3.8) is 0 Å². The molecule has 118 valence electrons. The lowest BCUT2D eigenvalue weighted by molar-refractivity contribution is 0.378. The van der Waals surface area contributed by atoms with Gasteiger partial charge in [0, 0.05) is 11.3 Å². The van der Waals surface area contributed by atoms with Crippen molar-refractivity contribution in [2.24, 2.45) is 5.73 Å². The van der Waals surface area contributed by atoms with Crippen LogP contribution in [0.2, 0.25) is 0 Å². The summed E-state index contributed by atoms with van der Waals surface area (Å²) >= 11 is 3.14. The molecule has 7 heteroatoms. The predicted molar refractivity (Wildman–Crippen MR) is 86.0 cm³/mol. The van der Waals surface area contributed by atoms with Crippen LogP contribution in [0, 0.1) is 17.1 Å². The molecule has 5 nitrogen and oxygen atoms in total. The van der Waals surface area contributed by atoms with Gasteiger partial charge in [0.15, 0.2) is 0 Å². The summed E-state index contributed by atoms with van der Waals surface area (Å²) in [7, 11) is 0. The van der Waals surface area contributed by atoms with E-state index < -0.39 is 11.7 Å². The smallest absolute Gasteiger partial charge is 0.244 e. The topological polar surface area (TPSA) is 87.7 Å². The minimum atomic E-state index is -0.494. The number of aryl methyl sites for hydroxylation is 1. The van der Waals surface area contributed by atoms with E-state index in [0.717, 1.165) is 24.1 Å². The minimum Gasteiger partial charge on any atom is -0.420 e. The molecule has 1 aliphatic rings. The van der Waals surface area contributed by atoms with Gasteiger partial charge in [0.1, 0.15) is 17.5 Å². The van der Waals surface area contributed by atoms with E-state index in [9.17, 15) is 9.65 Å². The van der Waals surface area contributed by atoms with Crippen LogP contribution < -0.4 is 10.5 Å². The van der Waals surface area contributed by atoms with Gasteiger partial charge in [0.05, 0.1) is 10.4 Å². The molecular formula is C16H14BrFN4O. The minimum absolute atomic E-state index is 0.00266. The summed E-state index contributed by atoms with van der Waals surface area (Å²) in [4.78, 5) is 0. The Hall–Kier alpha value is -2.33. The summed E-state index contributed by atoms with van der Waals surface area (Å²) < 4.78 is 19.8. The number of aromatic nitrogens is 2. The van der Waals surface area contributed by atoms with Crippen LogP contribution in [0.5, 0.6) is 5.88 Å². The number of nitriles is 1. The van der Waals surface area contributed by atoms with E-state index in [0.29, 0.717) is 15.9 Å². The van der Waals surface area contributed by atoms with Crippen molar-refractivity contribution in [3.8, 4) is 11.9 Å². The normalized spacial score (nSPS) is 16.7. The molecule has 3 rings (SSSR count). The number of benzene rings is 1. The summed E-state index contributed by atoms with van der Waals surface area (Å²) in [6.07, 6.45) is 1.65. The van der Waals surface area contributed by atoms with E-state index >= 15 is 0 Å². The zero-order valence-electron chi connectivity index (χ0n) is 12.4. The number of ether oxygens (including phenoxy) is 1. The highest BCUT2D eigenvalue weighted by Gasteiger charge is 2.35. The molecule has 0 aliphatic carbocycles. The predicted octanol–water partition coefficient (Wildman–Crippen LogP) is 3.48. The third kappa shape index (κ3) is 2.59. The maximum Gasteiger partial charge on any atom is 0.244 e. The molecule has 2 aromatic rings. The fraction of sp³-hybridized carbons (Fsp3) is 0.250. The summed E-state index contributed by atoms with van der Waals surface area (Å²) in [5, 5.41) is 16.6. The fourth-order valence-corrected chi connectivity index (χ4v) is 3.02. The zero-order chi connectivity index (χ0) is 16.6. The van der Waals surface area contributed by atoms with E-state index in [2.05, 4.69) is 32.2 Å². The second kappa shape index (κ2) is 6.05. The van der Waals surface area contributed by atoms with Gasteiger partial charge < -0.3 is 10.5 Å². The number of hydrogen-bond donors (Lipinski definition) is 2. The lowest BCUT2D eigenvalue weighted by Crippen LogP contribution is -2.21. The quantitative estimate of drug-likeness (QED) is 0.857. The molecule has 2 heterocycles. The Morgan fingerprint density at radius 3 is 2.96 bits per heavy atom. The summed E-state index contributed by atoms with van der Waals surface area (Å²) in [6.45, 7) is 2.04. The van der Waals surface area contributed by atoms with Gasteiger partial charge in [-0.1, -0.05) is 19.4 Å². The summed E-state index contributed by atoms with van der Waals surface area (Å²) in [5.74, 6) is -0.542. The first kappa shape index (κ1) is 15.6. The molecule has 0 saturated carbocycles. The molecule has 1 aromatic carbocycles. The molecule has 0 saturated heterocycles. The Labute approximate surface area is 141 Å². The van der Waals surface area contributed by atoms with E-state index in [1.165, 1.54) is 6.07 Å². The van der Waals surface area contributed by atoms with Crippen LogP contribution >= 0.6 is 15.9 Å². The number of nitrogens with two attached hydrogens (primary N) is 1. The highest BCUT2D eigenvalue weighted by molar-refractivity contribution is 9.10. The second-order valence-corrected chi connectivity index (χ2v) is 6.12. The first-order valence-corrected chi connectivity index (χ1v) is 7.95. The summed E-state index contributed by atoms with van der Waals surface area (Å²) in [6, 6.07) is 6.87. The lowest BCUT2D eigenvalue weighted by atomic mass is 9.83. The number of nitrogens with zero attached hydrogens (tertiary/aromatic N) is 2. The number of aromatic amines is 1. The highest BCUT2D eigenvalue weighted by Crippen LogP contribution is 2.43. The number of allylic oxidation sites excluding steroid dienone is 1. The molecule has 0 radical (unpaired) electrons. The number of hydrogen-bond acceptors (Lipinski definition) is 4. The summed E-state index contributed by atoms with van der Waals surface area (Å²) in [5.41, 5.74) is 8.38. The third-order valence-corrected chi connectivity index (χ3v) is 4.44. The molecule has 0 bridgehead atoms. The third-order valence-electron chi connectivity index (χ3n) is 3.79. The van der Waals surface area contributed by atoms with Gasteiger partial charge in [-0.2, -0.15) is 5.26 Å². The van der Waals surface area contributed by atoms with Crippen molar-refractivity contribution in [2.75, 3.05) is 0 Å². The molecule has 1 atom stereocenters. The van der Waals surface area contributed by atoms with E-state index in [1.807, 2.05) is 6.92 Å². The molecule has 1 aromatic heterocycles. The number of fused-ring (bicyclic) bond motifs is 1. The van der Waals surface area contributed by atoms with E-state index in [1.54, 1.807) is 12.1 Å². The van der Waals surface area contributed by atoms with Gasteiger partial charge in [0.2, 0.25) is 11.8 Å². The van der Waals surface area contributed by atoms with Crippen LogP contribution in [0.25, 0.3) is 0 Å². The van der Waals surface area contributed by atoms with Crippen LogP contribution in [-0.2, 0) is 6.42 Å². The Kier molecular flexibility index (Phi) is 4.09. The Bertz CT molecular complexity index is 837. The first-order valence-electron chi connectivity index (χ1n) is 7.16. The molecular weight excluding hydrogens is 363 g/mol. The van der Waals surface area contributed by atoms with Gasteiger partial charge in [-0.15, -0.1) is 5.10 Å². The molecule has 1 aliphatic heterocycles. The second-order valence-electron chi connectivity index (χ2n) is 5.27. The van der Waals surface area contributed by atoms with Crippen molar-refractivity contribution < 1.29 is 9.13 Å². The van der Waals surface area contributed by atoms with Crippen molar-refractivity contribution in [3.05, 3.63) is 56.8 Å². The van der Waals surface area contributed by atoms with Crippen LogP contribution in [0.1, 0.15) is 36.1 Å². The highest BCUT2D eigenvalue weighted by atomic mass is 79.9. The molecule has 0 spiro atoms. The van der Waals surface area contributed by atoms with Gasteiger partial charge in [0.25, 0.3) is 0 Å². The van der Waals surface area contributed by atoms with Gasteiger partial charge in [-0.05, 0) is 40.0 Å². The standard InChI is InChI=1S/C16H14BrFN4O/c1-2-3-12-14-13(8-4-5-10(17)11(18)6-8)9(7-19)15(20)23-16(14)22-21-12/h4-6,13H,2-3,20H2,1H3,(H,21,22)/t13-/m0/s1. The molecule has 0 fully saturated rings. The van der Waals surface area contributed by atoms with Crippen LogP contribution in [0.3, 0.4) is 0 Å². The first-order chi connectivity index (χ1) is 11.1. The monoisotopic (exact) mass is 376 g/mol. The van der Waals surface area contributed by atoms with Crippen molar-refractivity contribution >= 4 is 15.9 Å². The number of H-pyrrole nitrogens is 1. The van der Waals surface area contributed by atoms with E-state index in [4.69, 9.17) is 10.5 Å². The number of halogens is 2. The van der Waals surface area contributed by atoms with Crippen molar-refractivity contribution in [1.29, 1.82) is 5.26 Å². The Balaban J connectivity index is 2.21. The van der Waals surface area contributed by atoms with Crippen molar-refractivity contribution in [2.45, 2.75) is 25.7 Å². The fourth-order valence-electron chi connectivity index (χ4n) is 2.77. The van der Waals surface area contributed by atoms with Crippen LogP contribution in [0.15, 0.2) is 34.1 Å². The average molecular weight is 377 g/mol. The maximum absolute atomic E-state index is 14.0. The van der Waals surface area contributed by atoms with Gasteiger partial charge >= 0.3 is 0 Å². The lowest BCUT2D eigenvalue weighted by Gasteiger charge is -2.24. The molecule has 23 heavy (non-hydrogen) atoms. The molecule has 3 N–H and O–H groups in total. The molecule has 0 amide bonds. The Morgan fingerprint density at radius 1 is 1.52 bits per heavy atom. The van der Waals surface area contributed by atoms with Crippen LogP contribution in [0.4, 0.5) is 4.39 Å². The zero-order valence-corrected chi connectivity index (χ0v) is 13.9. The largest absolute Gasteiger partial charge is 0.420 e. The van der Waals surface area contributed by atoms with Crippen molar-refractivity contribution in [1.82, 2.24) is 10.2 Å². The van der Waals surface area contributed by atoms with Gasteiger partial charge in [-0.3, -0.25) is 5.10 Å². The number of rotatable bonds is 3. The SMILES string of the molecule is CCCc1[nH]nc2c1[C@@H](c1ccc(Br)c(F)c1)C(C#N)=C(N)O2.